The lowest BCUT2D eigenvalue weighted by molar-refractivity contribution is 0.194. The highest BCUT2D eigenvalue weighted by molar-refractivity contribution is 7.73. The number of nitrogens with one attached hydrogen (secondary N) is 1. The first kappa shape index (κ1) is 18.0. The standard InChI is InChI=1S/C18H21N7S2/c1-14-5-2-3-6-15(14)21-17-22-25(18(26)27-17)13-23-9-11-24(12-10-23)16-19-7-4-8-20-16/h2-8H,9-13H2,1H3,(H,21,22). The molecule has 4 rings (SSSR count). The fraction of sp³-hybridized carbons (Fsp3) is 0.333. The van der Waals surface area contributed by atoms with Crippen LogP contribution in [0.25, 0.3) is 0 Å². The minimum absolute atomic E-state index is 0.703. The summed E-state index contributed by atoms with van der Waals surface area (Å²) >= 11 is 7.01. The predicted octanol–water partition coefficient (Wildman–Crippen LogP) is 3.30. The van der Waals surface area contributed by atoms with Crippen LogP contribution in [-0.2, 0) is 6.67 Å². The molecule has 7 nitrogen and oxygen atoms in total. The molecule has 3 heterocycles. The molecule has 2 aromatic heterocycles. The molecule has 1 N–H and O–H groups in total. The quantitative estimate of drug-likeness (QED) is 0.661. The van der Waals surface area contributed by atoms with Crippen molar-refractivity contribution >= 4 is 40.3 Å². The Morgan fingerprint density at radius 2 is 1.81 bits per heavy atom. The molecule has 1 aromatic carbocycles. The third kappa shape index (κ3) is 4.32. The number of hydrogen-bond donors (Lipinski definition) is 1. The molecule has 3 aromatic rings. The fourth-order valence-corrected chi connectivity index (χ4v) is 4.01. The van der Waals surface area contributed by atoms with E-state index in [1.165, 1.54) is 16.9 Å². The van der Waals surface area contributed by atoms with Crippen LogP contribution >= 0.6 is 23.6 Å². The smallest absolute Gasteiger partial charge is 0.225 e. The van der Waals surface area contributed by atoms with Crippen molar-refractivity contribution in [2.75, 3.05) is 36.4 Å². The van der Waals surface area contributed by atoms with Gasteiger partial charge in [-0.1, -0.05) is 29.5 Å². The maximum atomic E-state index is 5.51. The Balaban J connectivity index is 1.37. The van der Waals surface area contributed by atoms with Gasteiger partial charge < -0.3 is 10.2 Å². The van der Waals surface area contributed by atoms with Crippen LogP contribution in [0.5, 0.6) is 0 Å². The third-order valence-electron chi connectivity index (χ3n) is 4.53. The molecule has 1 aliphatic heterocycles. The van der Waals surface area contributed by atoms with E-state index >= 15 is 0 Å². The number of hydrogen-bond acceptors (Lipinski definition) is 8. The molecule has 1 fully saturated rings. The van der Waals surface area contributed by atoms with Gasteiger partial charge in [-0.05, 0) is 36.8 Å². The van der Waals surface area contributed by atoms with Crippen LogP contribution in [-0.4, -0.2) is 50.8 Å². The molecule has 9 heteroatoms. The van der Waals surface area contributed by atoms with Crippen LogP contribution in [0.1, 0.15) is 5.56 Å². The predicted molar refractivity (Wildman–Crippen MR) is 111 cm³/mol. The van der Waals surface area contributed by atoms with Gasteiger partial charge in [0, 0.05) is 44.3 Å². The Kier molecular flexibility index (Phi) is 5.42. The van der Waals surface area contributed by atoms with E-state index in [0.29, 0.717) is 6.67 Å². The number of rotatable bonds is 5. The van der Waals surface area contributed by atoms with Crippen molar-refractivity contribution in [3.63, 3.8) is 0 Å². The second kappa shape index (κ2) is 8.12. The number of aromatic nitrogens is 4. The Bertz CT molecular complexity index is 946. The Morgan fingerprint density at radius 1 is 1.07 bits per heavy atom. The van der Waals surface area contributed by atoms with Gasteiger partial charge in [-0.2, -0.15) is 0 Å². The van der Waals surface area contributed by atoms with Gasteiger partial charge in [-0.3, -0.25) is 4.90 Å². The average Bonchev–Trinajstić information content (AvgIpc) is 3.04. The molecule has 0 amide bonds. The van der Waals surface area contributed by atoms with E-state index < -0.39 is 0 Å². The van der Waals surface area contributed by atoms with E-state index in [0.717, 1.165) is 46.9 Å². The molecule has 1 aliphatic rings. The molecule has 0 aliphatic carbocycles. The lowest BCUT2D eigenvalue weighted by atomic mass is 10.2. The largest absolute Gasteiger partial charge is 0.338 e. The summed E-state index contributed by atoms with van der Waals surface area (Å²) in [6.45, 7) is 6.44. The third-order valence-corrected chi connectivity index (χ3v) is 5.76. The van der Waals surface area contributed by atoms with Crippen LogP contribution in [0, 0.1) is 10.9 Å². The van der Waals surface area contributed by atoms with Gasteiger partial charge in [0.05, 0.1) is 6.67 Å². The lowest BCUT2D eigenvalue weighted by Gasteiger charge is -2.34. The van der Waals surface area contributed by atoms with E-state index in [1.807, 2.05) is 22.9 Å². The summed E-state index contributed by atoms with van der Waals surface area (Å²) in [6, 6.07) is 10.0. The highest BCUT2D eigenvalue weighted by Gasteiger charge is 2.19. The van der Waals surface area contributed by atoms with Gasteiger partial charge in [0.25, 0.3) is 0 Å². The fourth-order valence-electron chi connectivity index (χ4n) is 3.01. The summed E-state index contributed by atoms with van der Waals surface area (Å²) in [6.07, 6.45) is 3.57. The van der Waals surface area contributed by atoms with Crippen molar-refractivity contribution in [2.45, 2.75) is 13.6 Å². The molecular weight excluding hydrogens is 378 g/mol. The van der Waals surface area contributed by atoms with Gasteiger partial charge in [0.15, 0.2) is 3.95 Å². The van der Waals surface area contributed by atoms with E-state index in [2.05, 4.69) is 49.2 Å². The van der Waals surface area contributed by atoms with Crippen LogP contribution in [0.3, 0.4) is 0 Å². The van der Waals surface area contributed by atoms with E-state index in [9.17, 15) is 0 Å². The molecule has 27 heavy (non-hydrogen) atoms. The number of nitrogens with zero attached hydrogens (tertiary/aromatic N) is 6. The van der Waals surface area contributed by atoms with Crippen molar-refractivity contribution in [2.24, 2.45) is 0 Å². The van der Waals surface area contributed by atoms with E-state index in [-0.39, 0.29) is 0 Å². The Morgan fingerprint density at radius 3 is 2.56 bits per heavy atom. The first-order valence-corrected chi connectivity index (χ1v) is 10.1. The normalized spacial score (nSPS) is 15.1. The van der Waals surface area contributed by atoms with Crippen LogP contribution < -0.4 is 10.2 Å². The first-order valence-electron chi connectivity index (χ1n) is 8.84. The van der Waals surface area contributed by atoms with Gasteiger partial charge in [0.1, 0.15) is 0 Å². The van der Waals surface area contributed by atoms with Gasteiger partial charge in [-0.25, -0.2) is 14.6 Å². The Labute approximate surface area is 167 Å². The zero-order chi connectivity index (χ0) is 18.6. The minimum atomic E-state index is 0.703. The monoisotopic (exact) mass is 399 g/mol. The minimum Gasteiger partial charge on any atom is -0.338 e. The number of benzene rings is 1. The first-order chi connectivity index (χ1) is 13.2. The molecule has 0 saturated carbocycles. The number of aryl methyl sites for hydroxylation is 1. The van der Waals surface area contributed by atoms with Crippen molar-refractivity contribution in [1.29, 1.82) is 0 Å². The van der Waals surface area contributed by atoms with Crippen molar-refractivity contribution in [1.82, 2.24) is 24.6 Å². The van der Waals surface area contributed by atoms with Crippen molar-refractivity contribution in [3.8, 4) is 0 Å². The highest BCUT2D eigenvalue weighted by Crippen LogP contribution is 2.23. The van der Waals surface area contributed by atoms with E-state index in [1.54, 1.807) is 12.4 Å². The molecule has 0 bridgehead atoms. The summed E-state index contributed by atoms with van der Waals surface area (Å²) in [5.41, 5.74) is 2.24. The average molecular weight is 400 g/mol. The molecule has 1 saturated heterocycles. The Hall–Kier alpha value is -2.36. The summed E-state index contributed by atoms with van der Waals surface area (Å²) < 4.78 is 2.68. The van der Waals surface area contributed by atoms with Crippen LogP contribution in [0.4, 0.5) is 16.8 Å². The SMILES string of the molecule is Cc1ccccc1Nc1nn(CN2CCN(c3ncccn3)CC2)c(=S)s1. The zero-order valence-electron chi connectivity index (χ0n) is 15.1. The lowest BCUT2D eigenvalue weighted by Crippen LogP contribution is -2.47. The molecule has 0 spiro atoms. The number of piperazine rings is 1. The maximum Gasteiger partial charge on any atom is 0.225 e. The summed E-state index contributed by atoms with van der Waals surface area (Å²) in [4.78, 5) is 13.2. The highest BCUT2D eigenvalue weighted by atomic mass is 32.1. The molecule has 0 atom stereocenters. The maximum absolute atomic E-state index is 5.51. The molecule has 0 unspecified atom stereocenters. The topological polar surface area (TPSA) is 62.1 Å². The van der Waals surface area contributed by atoms with Crippen molar-refractivity contribution < 1.29 is 0 Å². The van der Waals surface area contributed by atoms with E-state index in [4.69, 9.17) is 12.2 Å². The second-order valence-corrected chi connectivity index (χ2v) is 8.03. The number of anilines is 3. The number of para-hydroxylation sites is 1. The van der Waals surface area contributed by atoms with Gasteiger partial charge in [-0.15, -0.1) is 5.10 Å². The van der Waals surface area contributed by atoms with Crippen LogP contribution in [0.2, 0.25) is 0 Å². The molecular formula is C18H21N7S2. The summed E-state index contributed by atoms with van der Waals surface area (Å²) in [7, 11) is 0. The van der Waals surface area contributed by atoms with Crippen molar-refractivity contribution in [3.05, 3.63) is 52.2 Å². The summed E-state index contributed by atoms with van der Waals surface area (Å²) in [5.74, 6) is 0.798. The molecule has 0 radical (unpaired) electrons. The summed E-state index contributed by atoms with van der Waals surface area (Å²) in [5, 5.41) is 8.86. The van der Waals surface area contributed by atoms with Crippen LogP contribution in [0.15, 0.2) is 42.7 Å². The molecule has 140 valence electrons. The zero-order valence-corrected chi connectivity index (χ0v) is 16.7. The van der Waals surface area contributed by atoms with Gasteiger partial charge in [0.2, 0.25) is 11.1 Å². The second-order valence-electron chi connectivity index (χ2n) is 6.41. The van der Waals surface area contributed by atoms with Gasteiger partial charge >= 0.3 is 0 Å².